The number of nitrogens with two attached hydrogens (primary N) is 1. The fraction of sp³-hybridized carbons (Fsp3) is 0.923. The lowest BCUT2D eigenvalue weighted by atomic mass is 9.80. The smallest absolute Gasteiger partial charge is 0.220 e. The van der Waals surface area contributed by atoms with Crippen molar-refractivity contribution in [3.8, 4) is 0 Å². The van der Waals surface area contributed by atoms with Crippen LogP contribution in [0.4, 0.5) is 0 Å². The Labute approximate surface area is 100 Å². The molecule has 0 aliphatic rings. The number of nitrogens with one attached hydrogen (secondary N) is 1. The third kappa shape index (κ3) is 6.83. The SMILES string of the molecule is CC(CCN)CNC(=O)CC(C)C(C)(C)C. The Kier molecular flexibility index (Phi) is 6.65. The number of carbonyl (C=O) groups excluding carboxylic acids is 1. The first kappa shape index (κ1) is 15.4. The van der Waals surface area contributed by atoms with E-state index < -0.39 is 0 Å². The van der Waals surface area contributed by atoms with Gasteiger partial charge in [-0.3, -0.25) is 4.79 Å². The molecule has 0 rings (SSSR count). The maximum absolute atomic E-state index is 11.7. The predicted molar refractivity (Wildman–Crippen MR) is 69.1 cm³/mol. The molecule has 0 heterocycles. The molecule has 0 saturated heterocycles. The average Bonchev–Trinajstić information content (AvgIpc) is 2.13. The Morgan fingerprint density at radius 2 is 1.88 bits per heavy atom. The highest BCUT2D eigenvalue weighted by atomic mass is 16.1. The maximum Gasteiger partial charge on any atom is 0.220 e. The van der Waals surface area contributed by atoms with Gasteiger partial charge >= 0.3 is 0 Å². The molecule has 0 radical (unpaired) electrons. The second-order valence-corrected chi connectivity index (χ2v) is 5.96. The number of rotatable bonds is 6. The van der Waals surface area contributed by atoms with E-state index in [9.17, 15) is 4.79 Å². The summed E-state index contributed by atoms with van der Waals surface area (Å²) in [6.07, 6.45) is 1.58. The van der Waals surface area contributed by atoms with Gasteiger partial charge < -0.3 is 11.1 Å². The molecule has 0 aliphatic heterocycles. The van der Waals surface area contributed by atoms with Gasteiger partial charge in [0.15, 0.2) is 0 Å². The van der Waals surface area contributed by atoms with Gasteiger partial charge in [-0.1, -0.05) is 34.6 Å². The van der Waals surface area contributed by atoms with Gasteiger partial charge in [0.25, 0.3) is 0 Å². The summed E-state index contributed by atoms with van der Waals surface area (Å²) in [5.41, 5.74) is 5.66. The summed E-state index contributed by atoms with van der Waals surface area (Å²) in [4.78, 5) is 11.7. The Morgan fingerprint density at radius 3 is 2.31 bits per heavy atom. The predicted octanol–water partition coefficient (Wildman–Crippen LogP) is 2.16. The molecule has 0 bridgehead atoms. The summed E-state index contributed by atoms with van der Waals surface area (Å²) < 4.78 is 0. The van der Waals surface area contributed by atoms with Crippen LogP contribution in [0.2, 0.25) is 0 Å². The first-order chi connectivity index (χ1) is 7.27. The average molecular weight is 228 g/mol. The van der Waals surface area contributed by atoms with Crippen molar-refractivity contribution in [1.29, 1.82) is 0 Å². The molecule has 2 unspecified atom stereocenters. The molecule has 3 N–H and O–H groups in total. The monoisotopic (exact) mass is 228 g/mol. The van der Waals surface area contributed by atoms with Crippen LogP contribution >= 0.6 is 0 Å². The molecule has 0 aromatic heterocycles. The molecule has 0 saturated carbocycles. The van der Waals surface area contributed by atoms with Crippen LogP contribution in [0, 0.1) is 17.3 Å². The van der Waals surface area contributed by atoms with E-state index in [0.29, 0.717) is 24.8 Å². The van der Waals surface area contributed by atoms with Crippen molar-refractivity contribution in [3.63, 3.8) is 0 Å². The Bertz CT molecular complexity index is 208. The van der Waals surface area contributed by atoms with Gasteiger partial charge in [0, 0.05) is 13.0 Å². The summed E-state index contributed by atoms with van der Waals surface area (Å²) in [6.45, 7) is 12.2. The summed E-state index contributed by atoms with van der Waals surface area (Å²) in [6, 6.07) is 0. The van der Waals surface area contributed by atoms with E-state index >= 15 is 0 Å². The Hall–Kier alpha value is -0.570. The quantitative estimate of drug-likeness (QED) is 0.732. The second-order valence-electron chi connectivity index (χ2n) is 5.96. The molecule has 3 nitrogen and oxygen atoms in total. The zero-order valence-corrected chi connectivity index (χ0v) is 11.5. The lowest BCUT2D eigenvalue weighted by Crippen LogP contribution is -2.32. The van der Waals surface area contributed by atoms with Gasteiger partial charge in [-0.05, 0) is 30.2 Å². The van der Waals surface area contributed by atoms with E-state index in [0.717, 1.165) is 13.0 Å². The molecular formula is C13H28N2O. The van der Waals surface area contributed by atoms with Gasteiger partial charge in [0.05, 0.1) is 0 Å². The number of amides is 1. The fourth-order valence-electron chi connectivity index (χ4n) is 1.33. The molecule has 0 spiro atoms. The second kappa shape index (κ2) is 6.89. The molecule has 0 fully saturated rings. The van der Waals surface area contributed by atoms with E-state index in [4.69, 9.17) is 5.73 Å². The van der Waals surface area contributed by atoms with Crippen LogP contribution in [0.3, 0.4) is 0 Å². The van der Waals surface area contributed by atoms with Crippen molar-refractivity contribution < 1.29 is 4.79 Å². The van der Waals surface area contributed by atoms with Gasteiger partial charge in [-0.15, -0.1) is 0 Å². The van der Waals surface area contributed by atoms with Crippen molar-refractivity contribution in [2.75, 3.05) is 13.1 Å². The van der Waals surface area contributed by atoms with Crippen molar-refractivity contribution in [3.05, 3.63) is 0 Å². The van der Waals surface area contributed by atoms with Gasteiger partial charge in [0.1, 0.15) is 0 Å². The van der Waals surface area contributed by atoms with E-state index in [1.54, 1.807) is 0 Å². The summed E-state index contributed by atoms with van der Waals surface area (Å²) in [5, 5.41) is 2.98. The van der Waals surface area contributed by atoms with Crippen LogP contribution in [0.15, 0.2) is 0 Å². The molecular weight excluding hydrogens is 200 g/mol. The summed E-state index contributed by atoms with van der Waals surface area (Å²) in [7, 11) is 0. The van der Waals surface area contributed by atoms with E-state index in [1.165, 1.54) is 0 Å². The number of hydrogen-bond donors (Lipinski definition) is 2. The van der Waals surface area contributed by atoms with Crippen molar-refractivity contribution in [1.82, 2.24) is 5.32 Å². The van der Waals surface area contributed by atoms with Gasteiger partial charge in [-0.2, -0.15) is 0 Å². The molecule has 0 aromatic rings. The fourth-order valence-corrected chi connectivity index (χ4v) is 1.33. The Balaban J connectivity index is 3.83. The minimum Gasteiger partial charge on any atom is -0.356 e. The van der Waals surface area contributed by atoms with Crippen LogP contribution in [-0.4, -0.2) is 19.0 Å². The van der Waals surface area contributed by atoms with Crippen molar-refractivity contribution >= 4 is 5.91 Å². The highest BCUT2D eigenvalue weighted by Gasteiger charge is 2.22. The lowest BCUT2D eigenvalue weighted by molar-refractivity contribution is -0.122. The highest BCUT2D eigenvalue weighted by molar-refractivity contribution is 5.76. The normalized spacial score (nSPS) is 15.6. The van der Waals surface area contributed by atoms with Crippen molar-refractivity contribution in [2.24, 2.45) is 23.0 Å². The molecule has 96 valence electrons. The highest BCUT2D eigenvalue weighted by Crippen LogP contribution is 2.27. The van der Waals surface area contributed by atoms with E-state index in [-0.39, 0.29) is 11.3 Å². The minimum atomic E-state index is 0.159. The first-order valence-corrected chi connectivity index (χ1v) is 6.24. The molecule has 1 amide bonds. The van der Waals surface area contributed by atoms with Crippen LogP contribution < -0.4 is 11.1 Å². The number of hydrogen-bond acceptors (Lipinski definition) is 2. The Morgan fingerprint density at radius 1 is 1.31 bits per heavy atom. The van der Waals surface area contributed by atoms with Gasteiger partial charge in [0.2, 0.25) is 5.91 Å². The maximum atomic E-state index is 11.7. The zero-order valence-electron chi connectivity index (χ0n) is 11.5. The summed E-state index contributed by atoms with van der Waals surface area (Å²) >= 11 is 0. The molecule has 16 heavy (non-hydrogen) atoms. The largest absolute Gasteiger partial charge is 0.356 e. The van der Waals surface area contributed by atoms with Crippen LogP contribution in [0.5, 0.6) is 0 Å². The topological polar surface area (TPSA) is 55.1 Å². The lowest BCUT2D eigenvalue weighted by Gasteiger charge is -2.26. The van der Waals surface area contributed by atoms with Crippen LogP contribution in [0.1, 0.15) is 47.5 Å². The standard InChI is InChI=1S/C13H28N2O/c1-10(6-7-14)9-15-12(16)8-11(2)13(3,4)5/h10-11H,6-9,14H2,1-5H3,(H,15,16). The van der Waals surface area contributed by atoms with E-state index in [1.807, 2.05) is 0 Å². The summed E-state index contributed by atoms with van der Waals surface area (Å²) in [5.74, 6) is 1.03. The van der Waals surface area contributed by atoms with Crippen LogP contribution in [0.25, 0.3) is 0 Å². The zero-order chi connectivity index (χ0) is 12.8. The third-order valence-electron chi connectivity index (χ3n) is 3.28. The molecule has 2 atom stereocenters. The number of carbonyl (C=O) groups is 1. The van der Waals surface area contributed by atoms with Crippen molar-refractivity contribution in [2.45, 2.75) is 47.5 Å². The molecule has 0 aliphatic carbocycles. The third-order valence-corrected chi connectivity index (χ3v) is 3.28. The van der Waals surface area contributed by atoms with Crippen LogP contribution in [-0.2, 0) is 4.79 Å². The van der Waals surface area contributed by atoms with Gasteiger partial charge in [-0.25, -0.2) is 0 Å². The minimum absolute atomic E-state index is 0.159. The molecule has 0 aromatic carbocycles. The molecule has 3 heteroatoms. The van der Waals surface area contributed by atoms with E-state index in [2.05, 4.69) is 39.9 Å². The first-order valence-electron chi connectivity index (χ1n) is 6.24.